The molecule has 0 spiro atoms. The average Bonchev–Trinajstić information content (AvgIpc) is 2.35. The van der Waals surface area contributed by atoms with Crippen molar-refractivity contribution in [2.24, 2.45) is 0 Å². The molecule has 3 nitrogen and oxygen atoms in total. The van der Waals surface area contributed by atoms with Gasteiger partial charge in [0.25, 0.3) is 0 Å². The van der Waals surface area contributed by atoms with E-state index in [0.717, 1.165) is 12.8 Å². The highest BCUT2D eigenvalue weighted by Gasteiger charge is 2.26. The van der Waals surface area contributed by atoms with E-state index in [0.29, 0.717) is 16.5 Å². The van der Waals surface area contributed by atoms with Crippen LogP contribution < -0.4 is 5.32 Å². The molecule has 0 aliphatic carbocycles. The van der Waals surface area contributed by atoms with E-state index in [4.69, 9.17) is 11.6 Å². The molecular weight excluding hydrogens is 270 g/mol. The number of para-hydroxylation sites is 1. The van der Waals surface area contributed by atoms with Crippen molar-refractivity contribution < 1.29 is 8.42 Å². The number of sulfone groups is 1. The average molecular weight is 290 g/mol. The third-order valence-corrected chi connectivity index (χ3v) is 4.96. The third kappa shape index (κ3) is 3.39. The monoisotopic (exact) mass is 289 g/mol. The van der Waals surface area contributed by atoms with Crippen LogP contribution in [0.15, 0.2) is 29.2 Å². The van der Waals surface area contributed by atoms with Gasteiger partial charge in [0, 0.05) is 12.1 Å². The Kier molecular flexibility index (Phi) is 5.05. The second-order valence-electron chi connectivity index (χ2n) is 4.51. The fraction of sp³-hybridized carbons (Fsp3) is 0.538. The van der Waals surface area contributed by atoms with Gasteiger partial charge in [-0.15, -0.1) is 11.6 Å². The van der Waals surface area contributed by atoms with Crippen LogP contribution in [-0.4, -0.2) is 26.1 Å². The molecule has 1 aromatic rings. The van der Waals surface area contributed by atoms with E-state index in [-0.39, 0.29) is 5.54 Å². The van der Waals surface area contributed by atoms with E-state index >= 15 is 0 Å². The van der Waals surface area contributed by atoms with E-state index in [1.165, 1.54) is 6.26 Å². The Morgan fingerprint density at radius 3 is 2.22 bits per heavy atom. The molecule has 1 aromatic carbocycles. The van der Waals surface area contributed by atoms with Crippen LogP contribution in [0.25, 0.3) is 0 Å². The normalized spacial score (nSPS) is 12.4. The number of benzene rings is 1. The predicted molar refractivity (Wildman–Crippen MR) is 77.2 cm³/mol. The predicted octanol–water partition coefficient (Wildman–Crippen LogP) is 3.30. The van der Waals surface area contributed by atoms with Crippen molar-refractivity contribution in [1.82, 2.24) is 0 Å². The lowest BCUT2D eigenvalue weighted by molar-refractivity contribution is 0.483. The minimum atomic E-state index is -3.24. The zero-order valence-electron chi connectivity index (χ0n) is 11.0. The quantitative estimate of drug-likeness (QED) is 0.817. The molecular formula is C13H20ClNO2S. The second-order valence-corrected chi connectivity index (χ2v) is 6.77. The van der Waals surface area contributed by atoms with E-state index in [1.807, 2.05) is 19.9 Å². The largest absolute Gasteiger partial charge is 0.377 e. The third-order valence-electron chi connectivity index (χ3n) is 3.30. The molecule has 0 fully saturated rings. The fourth-order valence-corrected chi connectivity index (χ4v) is 3.12. The summed E-state index contributed by atoms with van der Waals surface area (Å²) in [5.41, 5.74) is 0.367. The minimum absolute atomic E-state index is 0.262. The molecule has 0 amide bonds. The summed E-state index contributed by atoms with van der Waals surface area (Å²) in [6.45, 7) is 4.09. The smallest absolute Gasteiger partial charge is 0.177 e. The summed E-state index contributed by atoms with van der Waals surface area (Å²) in [6, 6.07) is 6.94. The molecule has 0 bridgehead atoms. The van der Waals surface area contributed by atoms with Crippen molar-refractivity contribution in [3.05, 3.63) is 24.3 Å². The van der Waals surface area contributed by atoms with Crippen molar-refractivity contribution in [2.45, 2.75) is 37.1 Å². The van der Waals surface area contributed by atoms with Gasteiger partial charge in [-0.3, -0.25) is 0 Å². The first kappa shape index (κ1) is 15.3. The summed E-state index contributed by atoms with van der Waals surface area (Å²) in [5, 5.41) is 3.31. The summed E-state index contributed by atoms with van der Waals surface area (Å²) in [4.78, 5) is 0.321. The number of alkyl halides is 1. The highest BCUT2D eigenvalue weighted by molar-refractivity contribution is 7.90. The van der Waals surface area contributed by atoms with Crippen LogP contribution in [-0.2, 0) is 9.84 Å². The van der Waals surface area contributed by atoms with Gasteiger partial charge in [-0.1, -0.05) is 26.0 Å². The van der Waals surface area contributed by atoms with Gasteiger partial charge in [0.1, 0.15) is 0 Å². The lowest BCUT2D eigenvalue weighted by atomic mass is 9.95. The van der Waals surface area contributed by atoms with Crippen molar-refractivity contribution >= 4 is 27.1 Å². The first-order chi connectivity index (χ1) is 8.38. The maximum atomic E-state index is 11.7. The maximum absolute atomic E-state index is 11.7. The number of halogens is 1. The minimum Gasteiger partial charge on any atom is -0.377 e. The Balaban J connectivity index is 3.19. The Labute approximate surface area is 114 Å². The first-order valence-corrected chi connectivity index (χ1v) is 8.44. The van der Waals surface area contributed by atoms with Crippen LogP contribution in [0.3, 0.4) is 0 Å². The molecule has 102 valence electrons. The van der Waals surface area contributed by atoms with Crippen molar-refractivity contribution in [1.29, 1.82) is 0 Å². The molecule has 18 heavy (non-hydrogen) atoms. The van der Waals surface area contributed by atoms with Crippen LogP contribution in [0, 0.1) is 0 Å². The van der Waals surface area contributed by atoms with Crippen LogP contribution in [0.5, 0.6) is 0 Å². The lowest BCUT2D eigenvalue weighted by Crippen LogP contribution is -2.39. The summed E-state index contributed by atoms with van der Waals surface area (Å²) in [7, 11) is -3.24. The van der Waals surface area contributed by atoms with Crippen LogP contribution in [0.1, 0.15) is 26.7 Å². The molecule has 0 unspecified atom stereocenters. The van der Waals surface area contributed by atoms with Crippen molar-refractivity contribution in [2.75, 3.05) is 17.5 Å². The van der Waals surface area contributed by atoms with E-state index in [9.17, 15) is 8.42 Å². The molecule has 0 heterocycles. The van der Waals surface area contributed by atoms with Gasteiger partial charge in [-0.25, -0.2) is 8.42 Å². The first-order valence-electron chi connectivity index (χ1n) is 6.02. The Hall–Kier alpha value is -0.740. The van der Waals surface area contributed by atoms with Gasteiger partial charge < -0.3 is 5.32 Å². The standard InChI is InChI=1S/C13H20ClNO2S/c1-4-13(5-2,10-14)15-11-8-6-7-9-12(11)18(3,16)17/h6-9,15H,4-5,10H2,1-3H3. The Bertz CT molecular complexity index is 487. The zero-order chi connectivity index (χ0) is 13.8. The van der Waals surface area contributed by atoms with Gasteiger partial charge in [0.2, 0.25) is 0 Å². The molecule has 0 radical (unpaired) electrons. The SMILES string of the molecule is CCC(CC)(CCl)Nc1ccccc1S(C)(=O)=O. The Morgan fingerprint density at radius 2 is 1.78 bits per heavy atom. The summed E-state index contributed by atoms with van der Waals surface area (Å²) in [5.74, 6) is 0.443. The second kappa shape index (κ2) is 5.93. The van der Waals surface area contributed by atoms with Gasteiger partial charge >= 0.3 is 0 Å². The highest BCUT2D eigenvalue weighted by Crippen LogP contribution is 2.28. The van der Waals surface area contributed by atoms with Gasteiger partial charge in [-0.05, 0) is 25.0 Å². The van der Waals surface area contributed by atoms with E-state index < -0.39 is 9.84 Å². The topological polar surface area (TPSA) is 46.2 Å². The van der Waals surface area contributed by atoms with E-state index in [2.05, 4.69) is 5.32 Å². The fourth-order valence-electron chi connectivity index (χ4n) is 1.83. The summed E-state index contributed by atoms with van der Waals surface area (Å²) in [6.07, 6.45) is 2.89. The molecule has 5 heteroatoms. The molecule has 1 rings (SSSR count). The number of hydrogen-bond donors (Lipinski definition) is 1. The van der Waals surface area contributed by atoms with E-state index in [1.54, 1.807) is 18.2 Å². The van der Waals surface area contributed by atoms with Gasteiger partial charge in [-0.2, -0.15) is 0 Å². The molecule has 0 saturated carbocycles. The van der Waals surface area contributed by atoms with Crippen molar-refractivity contribution in [3.8, 4) is 0 Å². The number of anilines is 1. The molecule has 0 aliphatic rings. The van der Waals surface area contributed by atoms with Gasteiger partial charge in [0.15, 0.2) is 9.84 Å². The number of rotatable bonds is 6. The lowest BCUT2D eigenvalue weighted by Gasteiger charge is -2.32. The van der Waals surface area contributed by atoms with Crippen molar-refractivity contribution in [3.63, 3.8) is 0 Å². The van der Waals surface area contributed by atoms with Gasteiger partial charge in [0.05, 0.1) is 16.1 Å². The number of hydrogen-bond acceptors (Lipinski definition) is 3. The molecule has 0 atom stereocenters. The highest BCUT2D eigenvalue weighted by atomic mass is 35.5. The molecule has 0 aliphatic heterocycles. The summed E-state index contributed by atoms with van der Waals surface area (Å²) >= 11 is 6.03. The summed E-state index contributed by atoms with van der Waals surface area (Å²) < 4.78 is 23.5. The van der Waals surface area contributed by atoms with Crippen LogP contribution in [0.2, 0.25) is 0 Å². The van der Waals surface area contributed by atoms with Crippen LogP contribution in [0.4, 0.5) is 5.69 Å². The molecule has 1 N–H and O–H groups in total. The molecule has 0 aromatic heterocycles. The Morgan fingerprint density at radius 1 is 1.22 bits per heavy atom. The zero-order valence-corrected chi connectivity index (χ0v) is 12.6. The number of nitrogens with one attached hydrogen (secondary N) is 1. The maximum Gasteiger partial charge on any atom is 0.177 e. The van der Waals surface area contributed by atoms with Crippen LogP contribution >= 0.6 is 11.6 Å². The molecule has 0 saturated heterocycles.